The molecule has 2 rings (SSSR count). The van der Waals surface area contributed by atoms with Crippen molar-refractivity contribution in [1.82, 2.24) is 0 Å². The van der Waals surface area contributed by atoms with E-state index >= 15 is 0 Å². The summed E-state index contributed by atoms with van der Waals surface area (Å²) >= 11 is 0. The van der Waals surface area contributed by atoms with Crippen LogP contribution >= 0.6 is 0 Å². The smallest absolute Gasteiger partial charge is 0.127 e. The minimum atomic E-state index is -0.363. The Morgan fingerprint density at radius 1 is 1.20 bits per heavy atom. The van der Waals surface area contributed by atoms with Gasteiger partial charge in [-0.05, 0) is 55.3 Å². The molecule has 2 aromatic carbocycles. The lowest BCUT2D eigenvalue weighted by atomic mass is 9.98. The van der Waals surface area contributed by atoms with Crippen LogP contribution < -0.4 is 21.5 Å². The van der Waals surface area contributed by atoms with Crippen LogP contribution in [0.25, 0.3) is 11.1 Å². The van der Waals surface area contributed by atoms with E-state index in [0.717, 1.165) is 22.5 Å². The second-order valence-electron chi connectivity index (χ2n) is 6.90. The summed E-state index contributed by atoms with van der Waals surface area (Å²) in [5.41, 5.74) is 17.3. The highest BCUT2D eigenvalue weighted by molar-refractivity contribution is 6.05. The van der Waals surface area contributed by atoms with Gasteiger partial charge in [0.1, 0.15) is 11.6 Å². The fraction of sp³-hybridized carbons (Fsp3) is 0.304. The van der Waals surface area contributed by atoms with Crippen molar-refractivity contribution in [1.29, 1.82) is 5.41 Å². The van der Waals surface area contributed by atoms with Gasteiger partial charge in [0.2, 0.25) is 0 Å². The summed E-state index contributed by atoms with van der Waals surface area (Å²) < 4.78 is 20.0. The van der Waals surface area contributed by atoms with Crippen LogP contribution in [0, 0.1) is 11.2 Å². The molecule has 0 aliphatic heterocycles. The number of aliphatic imine (C=N–C) groups is 1. The average Bonchev–Trinajstić information content (AvgIpc) is 2.75. The van der Waals surface area contributed by atoms with Gasteiger partial charge in [-0.25, -0.2) is 4.39 Å². The molecule has 0 unspecified atom stereocenters. The standard InChI is InChI=1S/C23H30FN5O/c1-14(26)18(15(2)28-3)9-10-30-23-8-6-17(24)12-19(23)16-5-7-22(29-4)20(11-16)21(27)13-25/h5-8,11-12,27,29H,9-10,13,25-26H2,1-4H3/b18-14-,27-21?,28-15?. The van der Waals surface area contributed by atoms with Crippen LogP contribution in [0.5, 0.6) is 5.75 Å². The quantitative estimate of drug-likeness (QED) is 0.468. The van der Waals surface area contributed by atoms with E-state index in [1.54, 1.807) is 20.2 Å². The Morgan fingerprint density at radius 3 is 2.53 bits per heavy atom. The van der Waals surface area contributed by atoms with Gasteiger partial charge in [-0.15, -0.1) is 0 Å². The maximum absolute atomic E-state index is 14.0. The fourth-order valence-corrected chi connectivity index (χ4v) is 3.20. The third-order valence-electron chi connectivity index (χ3n) is 4.93. The van der Waals surface area contributed by atoms with Crippen molar-refractivity contribution < 1.29 is 9.13 Å². The molecule has 0 atom stereocenters. The lowest BCUT2D eigenvalue weighted by molar-refractivity contribution is 0.323. The van der Waals surface area contributed by atoms with Crippen LogP contribution in [-0.2, 0) is 0 Å². The molecule has 0 aliphatic rings. The van der Waals surface area contributed by atoms with Crippen molar-refractivity contribution >= 4 is 17.1 Å². The lowest BCUT2D eigenvalue weighted by Crippen LogP contribution is -2.15. The van der Waals surface area contributed by atoms with Crippen LogP contribution in [0.4, 0.5) is 10.1 Å². The number of anilines is 1. The predicted octanol–water partition coefficient (Wildman–Crippen LogP) is 3.95. The van der Waals surface area contributed by atoms with Crippen LogP contribution in [-0.4, -0.2) is 38.7 Å². The number of nitrogens with two attached hydrogens (primary N) is 2. The number of ether oxygens (including phenoxy) is 1. The lowest BCUT2D eigenvalue weighted by Gasteiger charge is -2.16. The molecule has 7 heteroatoms. The van der Waals surface area contributed by atoms with Gasteiger partial charge in [0.25, 0.3) is 0 Å². The van der Waals surface area contributed by atoms with E-state index in [1.165, 1.54) is 12.1 Å². The zero-order valence-corrected chi connectivity index (χ0v) is 18.0. The molecule has 0 saturated heterocycles. The number of rotatable bonds is 9. The predicted molar refractivity (Wildman–Crippen MR) is 123 cm³/mol. The van der Waals surface area contributed by atoms with Gasteiger partial charge in [-0.1, -0.05) is 6.07 Å². The third-order valence-corrected chi connectivity index (χ3v) is 4.93. The molecule has 6 N–H and O–H groups in total. The first-order valence-electron chi connectivity index (χ1n) is 9.73. The Kier molecular flexibility index (Phi) is 8.12. The van der Waals surface area contributed by atoms with E-state index in [1.807, 2.05) is 32.0 Å². The number of halogens is 1. The van der Waals surface area contributed by atoms with E-state index in [-0.39, 0.29) is 12.4 Å². The highest BCUT2D eigenvalue weighted by Crippen LogP contribution is 2.33. The molecule has 0 aromatic heterocycles. The number of hydrogen-bond donors (Lipinski definition) is 4. The SMILES string of the molecule is CN=C(C)/C(CCOc1ccc(F)cc1-c1ccc(NC)c(C(=N)CN)c1)=C(/C)N. The van der Waals surface area contributed by atoms with Gasteiger partial charge in [-0.3, -0.25) is 4.99 Å². The second-order valence-corrected chi connectivity index (χ2v) is 6.90. The Labute approximate surface area is 177 Å². The number of benzene rings is 2. The first-order valence-corrected chi connectivity index (χ1v) is 9.73. The zero-order valence-electron chi connectivity index (χ0n) is 18.0. The molecule has 0 bridgehead atoms. The molecule has 2 aromatic rings. The van der Waals surface area contributed by atoms with Crippen LogP contribution in [0.15, 0.2) is 52.7 Å². The first kappa shape index (κ1) is 23.1. The average molecular weight is 412 g/mol. The largest absolute Gasteiger partial charge is 0.493 e. The summed E-state index contributed by atoms with van der Waals surface area (Å²) in [7, 11) is 3.51. The summed E-state index contributed by atoms with van der Waals surface area (Å²) in [6.45, 7) is 4.22. The van der Waals surface area contributed by atoms with Crippen molar-refractivity contribution in [3.63, 3.8) is 0 Å². The Morgan fingerprint density at radius 2 is 1.93 bits per heavy atom. The van der Waals surface area contributed by atoms with Gasteiger partial charge < -0.3 is 26.9 Å². The van der Waals surface area contributed by atoms with Gasteiger partial charge in [0.05, 0.1) is 12.3 Å². The van der Waals surface area contributed by atoms with Crippen LogP contribution in [0.1, 0.15) is 25.8 Å². The van der Waals surface area contributed by atoms with Gasteiger partial charge in [0.15, 0.2) is 0 Å². The highest BCUT2D eigenvalue weighted by Gasteiger charge is 2.13. The van der Waals surface area contributed by atoms with Crippen molar-refractivity contribution in [2.45, 2.75) is 20.3 Å². The number of nitrogens with one attached hydrogen (secondary N) is 2. The van der Waals surface area contributed by atoms with Crippen molar-refractivity contribution in [2.75, 3.05) is 32.6 Å². The molecule has 6 nitrogen and oxygen atoms in total. The van der Waals surface area contributed by atoms with E-state index < -0.39 is 0 Å². The van der Waals surface area contributed by atoms with E-state index in [4.69, 9.17) is 21.6 Å². The van der Waals surface area contributed by atoms with E-state index in [2.05, 4.69) is 10.3 Å². The maximum atomic E-state index is 14.0. The van der Waals surface area contributed by atoms with E-state index in [9.17, 15) is 4.39 Å². The highest BCUT2D eigenvalue weighted by atomic mass is 19.1. The summed E-state index contributed by atoms with van der Waals surface area (Å²) in [5, 5.41) is 11.2. The fourth-order valence-electron chi connectivity index (χ4n) is 3.20. The summed E-state index contributed by atoms with van der Waals surface area (Å²) in [4.78, 5) is 4.20. The molecule has 0 spiro atoms. The molecule has 0 radical (unpaired) electrons. The summed E-state index contributed by atoms with van der Waals surface area (Å²) in [6, 6.07) is 9.96. The molecule has 0 amide bonds. The van der Waals surface area contributed by atoms with Gasteiger partial charge in [0, 0.05) is 55.3 Å². The third kappa shape index (κ3) is 5.45. The Bertz CT molecular complexity index is 978. The topological polar surface area (TPSA) is 110 Å². The molecular formula is C23H30FN5O. The number of nitrogens with zero attached hydrogens (tertiary/aromatic N) is 1. The van der Waals surface area contributed by atoms with Gasteiger partial charge >= 0.3 is 0 Å². The summed E-state index contributed by atoms with van der Waals surface area (Å²) in [5.74, 6) is 0.191. The minimum absolute atomic E-state index is 0.108. The Balaban J connectivity index is 2.36. The first-order chi connectivity index (χ1) is 14.3. The minimum Gasteiger partial charge on any atom is -0.493 e. The zero-order chi connectivity index (χ0) is 22.3. The number of hydrogen-bond acceptors (Lipinski definition) is 6. The molecule has 0 fully saturated rings. The summed E-state index contributed by atoms with van der Waals surface area (Å²) in [6.07, 6.45) is 0.587. The molecule has 0 saturated carbocycles. The maximum Gasteiger partial charge on any atom is 0.127 e. The molecule has 160 valence electrons. The van der Waals surface area contributed by atoms with Crippen LogP contribution in [0.3, 0.4) is 0 Å². The normalized spacial score (nSPS) is 12.4. The molecule has 0 heterocycles. The second kappa shape index (κ2) is 10.5. The number of allylic oxidation sites excluding steroid dienone is 1. The molecule has 30 heavy (non-hydrogen) atoms. The van der Waals surface area contributed by atoms with Crippen molar-refractivity contribution in [3.05, 3.63) is 59.0 Å². The van der Waals surface area contributed by atoms with Gasteiger partial charge in [-0.2, -0.15) is 0 Å². The molecule has 0 aliphatic carbocycles. The molecular weight excluding hydrogens is 381 g/mol. The monoisotopic (exact) mass is 411 g/mol. The Hall–Kier alpha value is -3.19. The van der Waals surface area contributed by atoms with E-state index in [0.29, 0.717) is 41.3 Å². The van der Waals surface area contributed by atoms with Crippen LogP contribution in [0.2, 0.25) is 0 Å². The van der Waals surface area contributed by atoms with Crippen molar-refractivity contribution in [3.8, 4) is 16.9 Å². The van der Waals surface area contributed by atoms with Crippen molar-refractivity contribution in [2.24, 2.45) is 16.5 Å².